The van der Waals surface area contributed by atoms with E-state index in [0.29, 0.717) is 0 Å². The van der Waals surface area contributed by atoms with E-state index in [2.05, 4.69) is 53.1 Å². The molecule has 3 N–H and O–H groups in total. The monoisotopic (exact) mass is 402 g/mol. The second-order valence-electron chi connectivity index (χ2n) is 7.66. The minimum atomic E-state index is -0.178. The molecular weight excluding hydrogens is 378 g/mol. The predicted molar refractivity (Wildman–Crippen MR) is 118 cm³/mol. The Labute approximate surface area is 174 Å². The van der Waals surface area contributed by atoms with Crippen LogP contribution in [0.15, 0.2) is 66.7 Å². The van der Waals surface area contributed by atoms with Crippen molar-refractivity contribution >= 4 is 28.3 Å². The fourth-order valence-corrected chi connectivity index (χ4v) is 5.53. The fraction of sp³-hybridized carbons (Fsp3) is 0.208. The number of amides is 1. The molecule has 0 bridgehead atoms. The number of fused-ring (bicyclic) bond motifs is 3. The van der Waals surface area contributed by atoms with Crippen LogP contribution < -0.4 is 15.5 Å². The molecule has 1 aromatic heterocycles. The molecule has 0 saturated heterocycles. The number of benzene rings is 2. The van der Waals surface area contributed by atoms with E-state index in [4.69, 9.17) is 0 Å². The molecule has 1 amide bonds. The Morgan fingerprint density at radius 1 is 1.03 bits per heavy atom. The van der Waals surface area contributed by atoms with Gasteiger partial charge in [0.05, 0.1) is 17.0 Å². The van der Waals surface area contributed by atoms with Crippen LogP contribution in [0, 0.1) is 0 Å². The van der Waals surface area contributed by atoms with Gasteiger partial charge in [-0.15, -0.1) is 11.3 Å². The zero-order valence-electron chi connectivity index (χ0n) is 16.2. The molecule has 5 rings (SSSR count). The van der Waals surface area contributed by atoms with Crippen LogP contribution in [0.5, 0.6) is 0 Å². The second-order valence-corrected chi connectivity index (χ2v) is 8.77. The van der Waals surface area contributed by atoms with Crippen molar-refractivity contribution in [3.05, 3.63) is 93.9 Å². The average Bonchev–Trinajstić information content (AvgIpc) is 3.12. The first-order valence-electron chi connectivity index (χ1n) is 10.1. The largest absolute Gasteiger partial charge is 0.353 e. The third-order valence-electron chi connectivity index (χ3n) is 5.61. The second kappa shape index (κ2) is 7.85. The maximum Gasteiger partial charge on any atom is 0.256 e. The lowest BCUT2D eigenvalue weighted by molar-refractivity contribution is -0.929. The standard InChI is InChI=1S/C24H23N3OS/c28-23-22-19-13-14-27(15-18-9-5-2-6-10-18)16-20(19)29-24(22)26-21(25-23)12-11-17-7-3-1-4-8-17/h1-12,21,26H,13-16H2,(H,25,28)/p+1/b12-11-/t21-/m0/s1. The van der Waals surface area contributed by atoms with Gasteiger partial charge < -0.3 is 15.5 Å². The van der Waals surface area contributed by atoms with Gasteiger partial charge in [0, 0.05) is 12.0 Å². The summed E-state index contributed by atoms with van der Waals surface area (Å²) >= 11 is 1.75. The molecular formula is C24H24N3OS+. The highest BCUT2D eigenvalue weighted by Crippen LogP contribution is 2.36. The third kappa shape index (κ3) is 3.84. The van der Waals surface area contributed by atoms with Crippen LogP contribution in [0.2, 0.25) is 0 Å². The topological polar surface area (TPSA) is 45.6 Å². The summed E-state index contributed by atoms with van der Waals surface area (Å²) in [4.78, 5) is 15.7. The number of carbonyl (C=O) groups is 1. The van der Waals surface area contributed by atoms with E-state index in [9.17, 15) is 4.79 Å². The fourth-order valence-electron chi connectivity index (χ4n) is 4.17. The van der Waals surface area contributed by atoms with E-state index in [-0.39, 0.29) is 12.1 Å². The SMILES string of the molecule is O=C1N[C@H](/C=C\c2ccccc2)Nc2sc3c(c21)CC[NH+](Cc1ccccc1)C3. The summed E-state index contributed by atoms with van der Waals surface area (Å²) in [7, 11) is 0. The number of nitrogens with one attached hydrogen (secondary N) is 3. The smallest absolute Gasteiger partial charge is 0.256 e. The molecule has 0 radical (unpaired) electrons. The molecule has 2 aromatic carbocycles. The van der Waals surface area contributed by atoms with E-state index < -0.39 is 0 Å². The van der Waals surface area contributed by atoms with Crippen LogP contribution >= 0.6 is 11.3 Å². The minimum absolute atomic E-state index is 0.0467. The highest BCUT2D eigenvalue weighted by molar-refractivity contribution is 7.16. The van der Waals surface area contributed by atoms with Crippen LogP contribution in [0.25, 0.3) is 6.08 Å². The summed E-state index contributed by atoms with van der Waals surface area (Å²) in [6.07, 6.45) is 4.84. The summed E-state index contributed by atoms with van der Waals surface area (Å²) in [6, 6.07) is 20.8. The van der Waals surface area contributed by atoms with Gasteiger partial charge in [0.25, 0.3) is 5.91 Å². The molecule has 3 heterocycles. The molecule has 29 heavy (non-hydrogen) atoms. The number of carbonyl (C=O) groups excluding carboxylic acids is 1. The quantitative estimate of drug-likeness (QED) is 0.628. The van der Waals surface area contributed by atoms with E-state index in [1.165, 1.54) is 16.0 Å². The number of hydrogen-bond acceptors (Lipinski definition) is 3. The summed E-state index contributed by atoms with van der Waals surface area (Å²) in [5.41, 5.74) is 4.61. The van der Waals surface area contributed by atoms with Crippen molar-refractivity contribution in [3.8, 4) is 0 Å². The molecule has 0 aliphatic carbocycles. The van der Waals surface area contributed by atoms with Crippen molar-refractivity contribution in [2.45, 2.75) is 25.7 Å². The lowest BCUT2D eigenvalue weighted by Crippen LogP contribution is -3.10. The molecule has 5 heteroatoms. The summed E-state index contributed by atoms with van der Waals surface area (Å²) < 4.78 is 0. The van der Waals surface area contributed by atoms with Gasteiger partial charge in [-0.1, -0.05) is 66.7 Å². The number of quaternary nitrogens is 1. The molecule has 1 unspecified atom stereocenters. The van der Waals surface area contributed by atoms with Gasteiger partial charge in [-0.25, -0.2) is 0 Å². The number of rotatable bonds is 4. The van der Waals surface area contributed by atoms with Crippen molar-refractivity contribution in [2.24, 2.45) is 0 Å². The van der Waals surface area contributed by atoms with Crippen LogP contribution in [0.1, 0.15) is 31.9 Å². The molecule has 2 aliphatic rings. The zero-order chi connectivity index (χ0) is 19.6. The first kappa shape index (κ1) is 18.2. The number of thiophene rings is 1. The summed E-state index contributed by atoms with van der Waals surface area (Å²) in [6.45, 7) is 3.09. The normalized spacial score (nSPS) is 20.6. The van der Waals surface area contributed by atoms with E-state index in [1.54, 1.807) is 16.2 Å². The van der Waals surface area contributed by atoms with Gasteiger partial charge in [-0.05, 0) is 17.2 Å². The zero-order valence-corrected chi connectivity index (χ0v) is 17.0. The Bertz CT molecular complexity index is 1040. The van der Waals surface area contributed by atoms with Crippen molar-refractivity contribution in [2.75, 3.05) is 11.9 Å². The van der Waals surface area contributed by atoms with Gasteiger partial charge in [0.15, 0.2) is 0 Å². The molecule has 2 aliphatic heterocycles. The number of anilines is 1. The summed E-state index contributed by atoms with van der Waals surface area (Å²) in [5, 5.41) is 7.62. The van der Waals surface area contributed by atoms with Crippen LogP contribution in [0.3, 0.4) is 0 Å². The van der Waals surface area contributed by atoms with E-state index in [1.807, 2.05) is 30.4 Å². The van der Waals surface area contributed by atoms with Crippen molar-refractivity contribution in [1.82, 2.24) is 5.32 Å². The predicted octanol–water partition coefficient (Wildman–Crippen LogP) is 3.08. The van der Waals surface area contributed by atoms with Crippen LogP contribution in [0.4, 0.5) is 5.00 Å². The first-order chi connectivity index (χ1) is 14.3. The van der Waals surface area contributed by atoms with Crippen LogP contribution in [-0.2, 0) is 19.5 Å². The first-order valence-corrected chi connectivity index (χ1v) is 10.9. The molecule has 3 aromatic rings. The van der Waals surface area contributed by atoms with Gasteiger partial charge in [-0.2, -0.15) is 0 Å². The molecule has 2 atom stereocenters. The third-order valence-corrected chi connectivity index (χ3v) is 6.77. The van der Waals surface area contributed by atoms with Crippen molar-refractivity contribution in [1.29, 1.82) is 0 Å². The van der Waals surface area contributed by atoms with Crippen LogP contribution in [-0.4, -0.2) is 18.6 Å². The van der Waals surface area contributed by atoms with Gasteiger partial charge >= 0.3 is 0 Å². The molecule has 0 saturated carbocycles. The van der Waals surface area contributed by atoms with E-state index in [0.717, 1.165) is 42.2 Å². The molecule has 0 spiro atoms. The Hall–Kier alpha value is -2.89. The molecule has 0 fully saturated rings. The Balaban J connectivity index is 1.32. The Kier molecular flexibility index (Phi) is 4.92. The van der Waals surface area contributed by atoms with Gasteiger partial charge in [-0.3, -0.25) is 4.79 Å². The molecule has 146 valence electrons. The minimum Gasteiger partial charge on any atom is -0.353 e. The Morgan fingerprint density at radius 2 is 1.79 bits per heavy atom. The maximum absolute atomic E-state index is 12.8. The lowest BCUT2D eigenvalue weighted by atomic mass is 10.0. The Morgan fingerprint density at radius 3 is 2.59 bits per heavy atom. The summed E-state index contributed by atoms with van der Waals surface area (Å²) in [5.74, 6) is 0.0467. The van der Waals surface area contributed by atoms with Crippen molar-refractivity contribution in [3.63, 3.8) is 0 Å². The maximum atomic E-state index is 12.8. The lowest BCUT2D eigenvalue weighted by Gasteiger charge is -2.26. The highest BCUT2D eigenvalue weighted by atomic mass is 32.1. The number of hydrogen-bond donors (Lipinski definition) is 3. The van der Waals surface area contributed by atoms with Crippen molar-refractivity contribution < 1.29 is 9.69 Å². The average molecular weight is 403 g/mol. The molecule has 4 nitrogen and oxygen atoms in total. The van der Waals surface area contributed by atoms with Gasteiger partial charge in [0.1, 0.15) is 24.3 Å². The van der Waals surface area contributed by atoms with Gasteiger partial charge in [0.2, 0.25) is 0 Å². The highest BCUT2D eigenvalue weighted by Gasteiger charge is 2.33. The van der Waals surface area contributed by atoms with E-state index >= 15 is 0 Å².